The van der Waals surface area contributed by atoms with Gasteiger partial charge in [0.05, 0.1) is 18.4 Å². The van der Waals surface area contributed by atoms with Gasteiger partial charge in [-0.1, -0.05) is 19.4 Å². The highest BCUT2D eigenvalue weighted by Gasteiger charge is 2.30. The van der Waals surface area contributed by atoms with Crippen LogP contribution in [0.3, 0.4) is 0 Å². The van der Waals surface area contributed by atoms with Gasteiger partial charge in [0.2, 0.25) is 0 Å². The quantitative estimate of drug-likeness (QED) is 0.518. The van der Waals surface area contributed by atoms with Crippen molar-refractivity contribution in [3.05, 3.63) is 59.0 Å². The van der Waals surface area contributed by atoms with E-state index in [1.54, 1.807) is 13.2 Å². The highest BCUT2D eigenvalue weighted by atomic mass is 32.1. The Labute approximate surface area is 159 Å². The average molecular weight is 392 g/mol. The summed E-state index contributed by atoms with van der Waals surface area (Å²) in [6, 6.07) is 12.7. The minimum atomic E-state index is -4.37. The fourth-order valence-corrected chi connectivity index (χ4v) is 3.78. The van der Waals surface area contributed by atoms with Crippen LogP contribution in [0.5, 0.6) is 5.75 Å². The lowest BCUT2D eigenvalue weighted by Crippen LogP contribution is -2.05. The first kappa shape index (κ1) is 19.2. The zero-order chi connectivity index (χ0) is 19.4. The van der Waals surface area contributed by atoms with Gasteiger partial charge in [-0.25, -0.2) is 4.98 Å². The summed E-state index contributed by atoms with van der Waals surface area (Å²) >= 11 is 1.46. The van der Waals surface area contributed by atoms with Crippen LogP contribution in [0.25, 0.3) is 11.3 Å². The van der Waals surface area contributed by atoms with Crippen molar-refractivity contribution in [2.45, 2.75) is 25.9 Å². The highest BCUT2D eigenvalue weighted by molar-refractivity contribution is 7.16. The third-order valence-electron chi connectivity index (χ3n) is 3.98. The number of alkyl halides is 3. The SMILES string of the molecule is CCCc1sc(Nc2cccc(C(F)(F)F)c2)nc1-c1ccc(OC)cc1. The molecule has 0 atom stereocenters. The molecule has 0 fully saturated rings. The molecule has 0 saturated heterocycles. The summed E-state index contributed by atoms with van der Waals surface area (Å²) in [6.45, 7) is 2.08. The van der Waals surface area contributed by atoms with Gasteiger partial charge in [-0.2, -0.15) is 13.2 Å². The predicted octanol–water partition coefficient (Wildman–Crippen LogP) is 6.53. The van der Waals surface area contributed by atoms with Crippen molar-refractivity contribution in [3.63, 3.8) is 0 Å². The summed E-state index contributed by atoms with van der Waals surface area (Å²) in [5, 5.41) is 3.58. The Balaban J connectivity index is 1.90. The van der Waals surface area contributed by atoms with E-state index in [-0.39, 0.29) is 0 Å². The first-order chi connectivity index (χ1) is 12.9. The van der Waals surface area contributed by atoms with E-state index in [0.29, 0.717) is 10.8 Å². The number of halogens is 3. The number of hydrogen-bond donors (Lipinski definition) is 1. The number of aryl methyl sites for hydroxylation is 1. The molecule has 0 aliphatic rings. The number of nitrogens with zero attached hydrogens (tertiary/aromatic N) is 1. The number of nitrogens with one attached hydrogen (secondary N) is 1. The second-order valence-corrected chi connectivity index (χ2v) is 7.06. The molecule has 1 aromatic heterocycles. The van der Waals surface area contributed by atoms with Crippen LogP contribution in [-0.2, 0) is 12.6 Å². The van der Waals surface area contributed by atoms with Gasteiger partial charge < -0.3 is 10.1 Å². The van der Waals surface area contributed by atoms with E-state index in [2.05, 4.69) is 17.2 Å². The number of hydrogen-bond acceptors (Lipinski definition) is 4. The Hall–Kier alpha value is -2.54. The minimum absolute atomic E-state index is 0.364. The molecule has 1 heterocycles. The first-order valence-electron chi connectivity index (χ1n) is 8.49. The topological polar surface area (TPSA) is 34.2 Å². The van der Waals surface area contributed by atoms with E-state index < -0.39 is 11.7 Å². The average Bonchev–Trinajstić information content (AvgIpc) is 3.04. The Morgan fingerprint density at radius 3 is 2.48 bits per heavy atom. The summed E-state index contributed by atoms with van der Waals surface area (Å²) < 4.78 is 43.9. The van der Waals surface area contributed by atoms with Gasteiger partial charge in [0.25, 0.3) is 0 Å². The third kappa shape index (κ3) is 4.60. The molecule has 0 bridgehead atoms. The molecule has 0 unspecified atom stereocenters. The van der Waals surface area contributed by atoms with Crippen molar-refractivity contribution in [3.8, 4) is 17.0 Å². The van der Waals surface area contributed by atoms with Crippen LogP contribution in [0.2, 0.25) is 0 Å². The van der Waals surface area contributed by atoms with E-state index in [1.165, 1.54) is 17.4 Å². The van der Waals surface area contributed by atoms with Crippen LogP contribution in [-0.4, -0.2) is 12.1 Å². The summed E-state index contributed by atoms with van der Waals surface area (Å²) in [6.07, 6.45) is -2.57. The number of benzene rings is 2. The van der Waals surface area contributed by atoms with Crippen molar-refractivity contribution in [1.29, 1.82) is 0 Å². The Morgan fingerprint density at radius 1 is 1.11 bits per heavy atom. The number of aromatic nitrogens is 1. The van der Waals surface area contributed by atoms with E-state index >= 15 is 0 Å². The van der Waals surface area contributed by atoms with Crippen molar-refractivity contribution >= 4 is 22.2 Å². The van der Waals surface area contributed by atoms with Crippen LogP contribution in [0.4, 0.5) is 24.0 Å². The van der Waals surface area contributed by atoms with Gasteiger partial charge in [-0.05, 0) is 48.9 Å². The molecule has 3 aromatic rings. The van der Waals surface area contributed by atoms with Crippen LogP contribution >= 0.6 is 11.3 Å². The fourth-order valence-electron chi connectivity index (χ4n) is 2.67. The maximum Gasteiger partial charge on any atom is 0.416 e. The molecule has 27 heavy (non-hydrogen) atoms. The van der Waals surface area contributed by atoms with E-state index in [4.69, 9.17) is 4.74 Å². The molecule has 0 amide bonds. The minimum Gasteiger partial charge on any atom is -0.497 e. The van der Waals surface area contributed by atoms with Crippen LogP contribution in [0.15, 0.2) is 48.5 Å². The molecular weight excluding hydrogens is 373 g/mol. The monoisotopic (exact) mass is 392 g/mol. The Bertz CT molecular complexity index is 904. The van der Waals surface area contributed by atoms with Gasteiger partial charge in [-0.15, -0.1) is 11.3 Å². The Morgan fingerprint density at radius 2 is 1.85 bits per heavy atom. The Kier molecular flexibility index (Phi) is 5.70. The molecule has 142 valence electrons. The maximum atomic E-state index is 12.9. The zero-order valence-corrected chi connectivity index (χ0v) is 15.7. The molecule has 0 spiro atoms. The van der Waals surface area contributed by atoms with Gasteiger partial charge in [0, 0.05) is 16.1 Å². The van der Waals surface area contributed by atoms with Crippen LogP contribution < -0.4 is 10.1 Å². The molecule has 0 aliphatic carbocycles. The maximum absolute atomic E-state index is 12.9. The van der Waals surface area contributed by atoms with Gasteiger partial charge in [0.15, 0.2) is 5.13 Å². The largest absolute Gasteiger partial charge is 0.497 e. The number of rotatable bonds is 6. The molecule has 0 aliphatic heterocycles. The van der Waals surface area contributed by atoms with Crippen LogP contribution in [0, 0.1) is 0 Å². The standard InChI is InChI=1S/C20H19F3N2OS/c1-3-5-17-18(13-8-10-16(26-2)11-9-13)25-19(27-17)24-15-7-4-6-14(12-15)20(21,22)23/h4,6-12H,3,5H2,1-2H3,(H,24,25). The van der Waals surface area contributed by atoms with Crippen molar-refractivity contribution in [1.82, 2.24) is 4.98 Å². The summed E-state index contributed by atoms with van der Waals surface area (Å²) in [7, 11) is 1.61. The number of anilines is 2. The van der Waals surface area contributed by atoms with Crippen molar-refractivity contribution < 1.29 is 17.9 Å². The molecule has 0 saturated carbocycles. The predicted molar refractivity (Wildman–Crippen MR) is 103 cm³/mol. The third-order valence-corrected chi connectivity index (χ3v) is 5.01. The molecule has 0 radical (unpaired) electrons. The van der Waals surface area contributed by atoms with Gasteiger partial charge in [-0.3, -0.25) is 0 Å². The lowest BCUT2D eigenvalue weighted by atomic mass is 10.1. The molecular formula is C20H19F3N2OS. The number of ether oxygens (including phenoxy) is 1. The smallest absolute Gasteiger partial charge is 0.416 e. The molecule has 7 heteroatoms. The summed E-state index contributed by atoms with van der Waals surface area (Å²) in [5.74, 6) is 0.758. The van der Waals surface area contributed by atoms with E-state index in [1.807, 2.05) is 24.3 Å². The zero-order valence-electron chi connectivity index (χ0n) is 14.9. The first-order valence-corrected chi connectivity index (χ1v) is 9.30. The van der Waals surface area contributed by atoms with E-state index in [9.17, 15) is 13.2 Å². The van der Waals surface area contributed by atoms with Gasteiger partial charge in [0.1, 0.15) is 5.75 Å². The highest BCUT2D eigenvalue weighted by Crippen LogP contribution is 2.36. The lowest BCUT2D eigenvalue weighted by molar-refractivity contribution is -0.137. The summed E-state index contributed by atoms with van der Waals surface area (Å²) in [4.78, 5) is 5.72. The molecule has 3 rings (SSSR count). The molecule has 2 aromatic carbocycles. The fraction of sp³-hybridized carbons (Fsp3) is 0.250. The lowest BCUT2D eigenvalue weighted by Gasteiger charge is -2.08. The van der Waals surface area contributed by atoms with E-state index in [0.717, 1.165) is 46.9 Å². The van der Waals surface area contributed by atoms with Crippen molar-refractivity contribution in [2.24, 2.45) is 0 Å². The van der Waals surface area contributed by atoms with Crippen molar-refractivity contribution in [2.75, 3.05) is 12.4 Å². The summed E-state index contributed by atoms with van der Waals surface area (Å²) in [5.41, 5.74) is 1.47. The second kappa shape index (κ2) is 8.00. The molecule has 3 nitrogen and oxygen atoms in total. The molecule has 1 N–H and O–H groups in total. The normalized spacial score (nSPS) is 11.4. The van der Waals surface area contributed by atoms with Gasteiger partial charge >= 0.3 is 6.18 Å². The number of methoxy groups -OCH3 is 1. The second-order valence-electron chi connectivity index (χ2n) is 5.97. The van der Waals surface area contributed by atoms with Crippen LogP contribution in [0.1, 0.15) is 23.8 Å². The number of thiazole rings is 1.